The minimum Gasteiger partial charge on any atom is -0.744 e. The number of halogens is 20. The summed E-state index contributed by atoms with van der Waals surface area (Å²) < 4.78 is 377. The predicted octanol–water partition coefficient (Wildman–Crippen LogP) is 14.4. The van der Waals surface area contributed by atoms with Crippen molar-refractivity contribution in [2.24, 2.45) is 0 Å². The predicted molar refractivity (Wildman–Crippen MR) is 365 cm³/mol. The zero-order valence-electron chi connectivity index (χ0n) is 59.4. The number of benzene rings is 12. The summed E-state index contributed by atoms with van der Waals surface area (Å²) in [6.45, 7) is 1.67. The molecule has 0 radical (unpaired) electrons. The van der Waals surface area contributed by atoms with Crippen molar-refractivity contribution in [1.82, 2.24) is 0 Å². The first-order chi connectivity index (χ1) is 54.5. The Hall–Kier alpha value is -10.5. The van der Waals surface area contributed by atoms with Gasteiger partial charge in [0.15, 0.2) is 69.8 Å². The molecule has 0 aliphatic carbocycles. The monoisotopic (exact) mass is 1750 g/mol. The Kier molecular flexibility index (Phi) is 33.6. The number of aromatic hydroxyl groups is 4. The first-order valence-electron chi connectivity index (χ1n) is 31.1. The number of terminal acetylenes is 2. The molecule has 0 aliphatic rings. The van der Waals surface area contributed by atoms with Gasteiger partial charge in [0.25, 0.3) is 0 Å². The van der Waals surface area contributed by atoms with Gasteiger partial charge in [-0.3, -0.25) is 0 Å². The van der Waals surface area contributed by atoms with Crippen molar-refractivity contribution in [3.63, 3.8) is 0 Å². The molecule has 0 unspecified atom stereocenters. The molecule has 12 rings (SSSR count). The van der Waals surface area contributed by atoms with Gasteiger partial charge in [-0.05, 0) is 158 Å². The molecule has 0 aliphatic heterocycles. The van der Waals surface area contributed by atoms with Crippen LogP contribution < -0.4 is 131 Å². The van der Waals surface area contributed by atoms with Crippen LogP contribution in [0.25, 0.3) is 22.3 Å². The van der Waals surface area contributed by atoms with Gasteiger partial charge < -0.3 is 58.0 Å². The van der Waals surface area contributed by atoms with Crippen LogP contribution in [0.15, 0.2) is 180 Å². The summed E-state index contributed by atoms with van der Waals surface area (Å²) in [5.41, 5.74) is -8.03. The maximum absolute atomic E-state index is 15.4. The molecule has 12 aromatic rings. The average Bonchev–Trinajstić information content (AvgIpc) is 0.743. The summed E-state index contributed by atoms with van der Waals surface area (Å²) in [6.07, 6.45) is 10.3. The molecule has 0 bridgehead atoms. The average molecular weight is 1760 g/mol. The molecule has 602 valence electrons. The Bertz CT molecular complexity index is 5860. The third kappa shape index (κ3) is 23.0. The van der Waals surface area contributed by atoms with E-state index in [1.165, 1.54) is 37.4 Å². The van der Waals surface area contributed by atoms with Crippen LogP contribution in [0.2, 0.25) is 0 Å². The Morgan fingerprint density at radius 3 is 0.992 bits per heavy atom. The van der Waals surface area contributed by atoms with E-state index in [9.17, 15) is 78.6 Å². The smallest absolute Gasteiger partial charge is 0.744 e. The van der Waals surface area contributed by atoms with Crippen molar-refractivity contribution in [2.45, 2.75) is 16.7 Å². The van der Waals surface area contributed by atoms with Gasteiger partial charge in [-0.1, -0.05) is 17.9 Å². The molecule has 0 atom stereocenters. The van der Waals surface area contributed by atoms with E-state index in [0.717, 1.165) is 42.5 Å². The summed E-state index contributed by atoms with van der Waals surface area (Å²) in [4.78, 5) is -2.16. The third-order valence-corrected chi connectivity index (χ3v) is 16.6. The van der Waals surface area contributed by atoms with Crippen molar-refractivity contribution in [1.29, 1.82) is 0 Å². The molecule has 0 aromatic heterocycles. The van der Waals surface area contributed by atoms with Gasteiger partial charge in [0.1, 0.15) is 112 Å². The first kappa shape index (κ1) is 96.3. The van der Waals surface area contributed by atoms with Gasteiger partial charge >= 0.3 is 103 Å². The molecular weight excluding hydrogens is 1720 g/mol. The van der Waals surface area contributed by atoms with Crippen molar-refractivity contribution < 1.29 is 265 Å². The number of hydrogen-bond acceptors (Lipinski definition) is 16. The fraction of sp³-hybridized carbons (Fsp3) is 0.0256. The van der Waals surface area contributed by atoms with Crippen LogP contribution in [-0.4, -0.2) is 53.5 Å². The van der Waals surface area contributed by atoms with E-state index < -0.39 is 197 Å². The molecule has 12 aromatic carbocycles. The quantitative estimate of drug-likeness (QED) is 0.0142. The summed E-state index contributed by atoms with van der Waals surface area (Å²) in [5.74, 6) is -47.6. The van der Waals surface area contributed by atoms with E-state index in [1.54, 1.807) is 85.8 Å². The number of phenolic OH excluding ortho intramolecular Hbond substituents is 4. The second-order valence-electron chi connectivity index (χ2n) is 22.5. The Labute approximate surface area is 738 Å². The molecule has 40 heteroatoms. The van der Waals surface area contributed by atoms with Crippen LogP contribution in [-0.2, 0) is 20.2 Å². The Balaban J connectivity index is 0.000000284. The second-order valence-corrected chi connectivity index (χ2v) is 25.2. The standard InChI is InChI=1S/C40H22F8O8S.C12F10.C12H10O3.C8H4F2.C6H6O5S.2K/c1-4-20-6-5-19(2)17-27(20)54-25-15-16-26(28(18-25)57(49,50)51)56-40-37(47)33(43)30(34(44)38(40)48)29-31(41)35(45)39(36(46)32(29)42)55-24-13-11-23(12-14-24)53-22-9-7-21(52-3)8-10-22;13-3-1(4(14)8(18)11(21)7(3)17)2-5(15)9(19)12(22)10(20)6(2)16;13-9-1-5-11(6-2-9)15-12-7-3-10(14)4-8-12;1-2-6-3-4-7(9)5-8(6)10;7-4-1-2-5(8)6(3-4)12(9,10)11;;/h1,5-18H,2-3H3,(H,49,50,51);;1-8,13-14H;1,3-5H;1-3,7-8H,(H,9,10,11);;/q;;;;;2*+1/p-2. The maximum Gasteiger partial charge on any atom is 1.00 e. The normalized spacial score (nSPS) is 10.7. The van der Waals surface area contributed by atoms with Crippen LogP contribution in [0.5, 0.6) is 86.2 Å². The molecule has 118 heavy (non-hydrogen) atoms. The largest absolute Gasteiger partial charge is 1.00 e. The van der Waals surface area contributed by atoms with Crippen molar-refractivity contribution in [3.8, 4) is 133 Å². The summed E-state index contributed by atoms with van der Waals surface area (Å²) >= 11 is 0. The maximum atomic E-state index is 15.4. The molecule has 0 amide bonds. The van der Waals surface area contributed by atoms with Gasteiger partial charge in [0.2, 0.25) is 46.4 Å². The topological polar surface area (TPSA) is 251 Å². The van der Waals surface area contributed by atoms with E-state index in [0.29, 0.717) is 46.8 Å². The van der Waals surface area contributed by atoms with Crippen LogP contribution in [0, 0.1) is 148 Å². The molecular formula is C78H40F20K2O16S2. The van der Waals surface area contributed by atoms with E-state index in [4.69, 9.17) is 61.7 Å². The summed E-state index contributed by atoms with van der Waals surface area (Å²) in [6, 6.07) is 36.5. The van der Waals surface area contributed by atoms with E-state index in [2.05, 4.69) is 11.8 Å². The fourth-order valence-electron chi connectivity index (χ4n) is 9.34. The number of methoxy groups -OCH3 is 1. The van der Waals surface area contributed by atoms with Gasteiger partial charge in [0.05, 0.1) is 45.4 Å². The van der Waals surface area contributed by atoms with Crippen molar-refractivity contribution in [2.75, 3.05) is 7.11 Å². The number of rotatable bonds is 15. The molecule has 0 heterocycles. The minimum atomic E-state index is -5.59. The van der Waals surface area contributed by atoms with Crippen molar-refractivity contribution >= 4 is 20.2 Å². The SMILES string of the molecule is C#Cc1ccc(C)cc1Oc1ccc(Oc2c(F)c(F)c(-c3c(F)c(F)c(Oc4ccc(Oc5ccc(OC)cc5)cc4)c(F)c3F)c(F)c2F)c(S(=O)(=O)[O-])c1.C#Cc1ccc(F)cc1F.Fc1c(F)c(F)c(-c2c(F)c(F)c(F)c(F)c2F)c(F)c1F.O=S(=O)([O-])c1cc(O)ccc1O.Oc1ccc(Oc2ccc(O)cc2)cc1.[K+].[K+]. The van der Waals surface area contributed by atoms with Gasteiger partial charge in [-0.15, -0.1) is 12.8 Å². The van der Waals surface area contributed by atoms with E-state index >= 15 is 35.1 Å². The van der Waals surface area contributed by atoms with Crippen LogP contribution >= 0.6 is 0 Å². The number of hydrogen-bond donors (Lipinski definition) is 4. The van der Waals surface area contributed by atoms with Gasteiger partial charge in [0, 0.05) is 18.2 Å². The Morgan fingerprint density at radius 1 is 0.314 bits per heavy atom. The van der Waals surface area contributed by atoms with Crippen molar-refractivity contribution in [3.05, 3.63) is 303 Å². The van der Waals surface area contributed by atoms with Gasteiger partial charge in [-0.25, -0.2) is 87.1 Å². The van der Waals surface area contributed by atoms with E-state index in [1.807, 2.05) is 0 Å². The van der Waals surface area contributed by atoms with E-state index in [-0.39, 0.29) is 148 Å². The minimum absolute atomic E-state index is 0. The fourth-order valence-corrected chi connectivity index (χ4v) is 10.5. The van der Waals surface area contributed by atoms with Crippen LogP contribution in [0.4, 0.5) is 87.8 Å². The zero-order valence-corrected chi connectivity index (χ0v) is 67.3. The second kappa shape index (κ2) is 41.2. The number of phenols is 4. The number of ether oxygens (including phenoxy) is 6. The summed E-state index contributed by atoms with van der Waals surface area (Å²) in [7, 11) is -8.84. The Morgan fingerprint density at radius 2 is 0.636 bits per heavy atom. The molecule has 0 saturated heterocycles. The first-order valence-corrected chi connectivity index (χ1v) is 33.9. The molecule has 0 saturated carbocycles. The van der Waals surface area contributed by atoms with Crippen LogP contribution in [0.3, 0.4) is 0 Å². The van der Waals surface area contributed by atoms with Crippen LogP contribution in [0.1, 0.15) is 16.7 Å². The zero-order chi connectivity index (χ0) is 85.9. The molecule has 0 fully saturated rings. The molecule has 4 N–H and O–H groups in total. The van der Waals surface area contributed by atoms with Gasteiger partial charge in [-0.2, -0.15) is 17.6 Å². The molecule has 16 nitrogen and oxygen atoms in total. The number of aryl methyl sites for hydroxylation is 1. The summed E-state index contributed by atoms with van der Waals surface area (Å²) in [5, 5.41) is 35.8. The molecule has 0 spiro atoms. The third-order valence-electron chi connectivity index (χ3n) is 14.8.